The number of nitrogens with one attached hydrogen (secondary N) is 1. The van der Waals surface area contributed by atoms with Gasteiger partial charge in [0.05, 0.1) is 6.54 Å². The van der Waals surface area contributed by atoms with E-state index in [-0.39, 0.29) is 17.7 Å². The summed E-state index contributed by atoms with van der Waals surface area (Å²) in [6, 6.07) is 9.62. The highest BCUT2D eigenvalue weighted by atomic mass is 16.2. The number of hydrogen-bond acceptors (Lipinski definition) is 4. The van der Waals surface area contributed by atoms with Crippen molar-refractivity contribution in [1.82, 2.24) is 24.2 Å². The number of piperidine rings is 1. The number of imidazole rings is 1. The zero-order valence-corrected chi connectivity index (χ0v) is 18.7. The summed E-state index contributed by atoms with van der Waals surface area (Å²) >= 11 is 0. The number of para-hydroxylation sites is 1. The lowest BCUT2D eigenvalue weighted by Gasteiger charge is -2.32. The first-order chi connectivity index (χ1) is 15.5. The quantitative estimate of drug-likeness (QED) is 0.618. The number of benzene rings is 1. The van der Waals surface area contributed by atoms with Gasteiger partial charge in [0.2, 0.25) is 5.91 Å². The van der Waals surface area contributed by atoms with Crippen molar-refractivity contribution >= 4 is 17.5 Å². The number of aryl methyl sites for hydroxylation is 2. The fraction of sp³-hybridized carbons (Fsp3) is 0.417. The Hall–Kier alpha value is -3.42. The van der Waals surface area contributed by atoms with E-state index in [0.717, 1.165) is 36.5 Å². The van der Waals surface area contributed by atoms with Gasteiger partial charge in [-0.25, -0.2) is 4.98 Å². The Morgan fingerprint density at radius 1 is 1.19 bits per heavy atom. The Morgan fingerprint density at radius 3 is 2.78 bits per heavy atom. The normalized spacial score (nSPS) is 16.2. The number of anilines is 1. The smallest absolute Gasteiger partial charge is 0.274 e. The average molecular weight is 435 g/mol. The first-order valence-corrected chi connectivity index (χ1v) is 11.2. The molecule has 168 valence electrons. The van der Waals surface area contributed by atoms with Gasteiger partial charge in [-0.15, -0.1) is 0 Å². The number of rotatable bonds is 7. The maximum absolute atomic E-state index is 12.8. The van der Waals surface area contributed by atoms with Crippen molar-refractivity contribution in [3.05, 3.63) is 66.0 Å². The molecule has 0 radical (unpaired) electrons. The average Bonchev–Trinajstić information content (AvgIpc) is 3.44. The molecule has 1 saturated heterocycles. The molecule has 0 bridgehead atoms. The molecular formula is C24H30N6O2. The standard InChI is InChI=1S/C24H30N6O2/c1-3-30-13-10-22(27-30)24(32)29-12-6-7-19(16-29)15-23(31)26-21-9-5-4-8-20(21)17-28-14-11-25-18(28)2/h4-5,8-11,13-14,19H,3,6-7,12,15-17H2,1-2H3,(H,26,31). The molecule has 1 aliphatic rings. The minimum absolute atomic E-state index is 0.0191. The van der Waals surface area contributed by atoms with Crippen LogP contribution in [0.2, 0.25) is 0 Å². The van der Waals surface area contributed by atoms with Crippen molar-refractivity contribution < 1.29 is 9.59 Å². The molecule has 8 heteroatoms. The van der Waals surface area contributed by atoms with Crippen molar-refractivity contribution in [3.8, 4) is 0 Å². The summed E-state index contributed by atoms with van der Waals surface area (Å²) < 4.78 is 3.81. The van der Waals surface area contributed by atoms with E-state index in [9.17, 15) is 9.59 Å². The van der Waals surface area contributed by atoms with Crippen LogP contribution < -0.4 is 5.32 Å². The van der Waals surface area contributed by atoms with Gasteiger partial charge in [-0.3, -0.25) is 14.3 Å². The molecule has 0 aliphatic carbocycles. The van der Waals surface area contributed by atoms with Crippen LogP contribution in [-0.4, -0.2) is 49.1 Å². The molecular weight excluding hydrogens is 404 g/mol. The molecule has 0 saturated carbocycles. The third kappa shape index (κ3) is 5.07. The Balaban J connectivity index is 1.36. The molecule has 2 aromatic heterocycles. The van der Waals surface area contributed by atoms with Crippen LogP contribution in [0, 0.1) is 12.8 Å². The molecule has 1 atom stereocenters. The zero-order chi connectivity index (χ0) is 22.5. The monoisotopic (exact) mass is 434 g/mol. The number of carbonyl (C=O) groups excluding carboxylic acids is 2. The molecule has 2 amide bonds. The molecule has 32 heavy (non-hydrogen) atoms. The predicted molar refractivity (Wildman–Crippen MR) is 122 cm³/mol. The minimum atomic E-state index is -0.0524. The number of aromatic nitrogens is 4. The molecule has 0 spiro atoms. The van der Waals surface area contributed by atoms with Crippen LogP contribution in [0.25, 0.3) is 0 Å². The summed E-state index contributed by atoms with van der Waals surface area (Å²) in [7, 11) is 0. The number of nitrogens with zero attached hydrogens (tertiary/aromatic N) is 5. The van der Waals surface area contributed by atoms with Gasteiger partial charge >= 0.3 is 0 Å². The Kier molecular flexibility index (Phi) is 6.68. The van der Waals surface area contributed by atoms with Crippen molar-refractivity contribution in [1.29, 1.82) is 0 Å². The summed E-state index contributed by atoms with van der Waals surface area (Å²) in [5.41, 5.74) is 2.33. The van der Waals surface area contributed by atoms with Crippen LogP contribution in [0.4, 0.5) is 5.69 Å². The van der Waals surface area contributed by atoms with E-state index < -0.39 is 0 Å². The van der Waals surface area contributed by atoms with Crippen molar-refractivity contribution in [3.63, 3.8) is 0 Å². The summed E-state index contributed by atoms with van der Waals surface area (Å²) in [5.74, 6) is 1.00. The van der Waals surface area contributed by atoms with Gasteiger partial charge in [0.1, 0.15) is 11.5 Å². The van der Waals surface area contributed by atoms with Gasteiger partial charge in [0, 0.05) is 50.3 Å². The molecule has 1 aromatic carbocycles. The molecule has 1 unspecified atom stereocenters. The summed E-state index contributed by atoms with van der Waals surface area (Å²) in [6.07, 6.45) is 7.77. The van der Waals surface area contributed by atoms with Crippen molar-refractivity contribution in [2.75, 3.05) is 18.4 Å². The van der Waals surface area contributed by atoms with Crippen molar-refractivity contribution in [2.45, 2.75) is 46.2 Å². The molecule has 3 aromatic rings. The van der Waals surface area contributed by atoms with Gasteiger partial charge in [-0.2, -0.15) is 5.10 Å². The summed E-state index contributed by atoms with van der Waals surface area (Å²) in [6.45, 7) is 6.63. The lowest BCUT2D eigenvalue weighted by molar-refractivity contribution is -0.117. The van der Waals surface area contributed by atoms with Gasteiger partial charge in [0.25, 0.3) is 5.91 Å². The van der Waals surface area contributed by atoms with E-state index >= 15 is 0 Å². The second-order valence-electron chi connectivity index (χ2n) is 8.33. The second kappa shape index (κ2) is 9.80. The maximum Gasteiger partial charge on any atom is 0.274 e. The third-order valence-electron chi connectivity index (χ3n) is 6.02. The maximum atomic E-state index is 12.8. The van der Waals surface area contributed by atoms with Crippen LogP contribution in [0.5, 0.6) is 0 Å². The third-order valence-corrected chi connectivity index (χ3v) is 6.02. The minimum Gasteiger partial charge on any atom is -0.337 e. The lowest BCUT2D eigenvalue weighted by Crippen LogP contribution is -2.41. The van der Waals surface area contributed by atoms with Crippen molar-refractivity contribution in [2.24, 2.45) is 5.92 Å². The highest BCUT2D eigenvalue weighted by Crippen LogP contribution is 2.23. The van der Waals surface area contributed by atoms with Gasteiger partial charge < -0.3 is 14.8 Å². The summed E-state index contributed by atoms with van der Waals surface area (Å²) in [5, 5.41) is 7.42. The molecule has 4 rings (SSSR count). The first kappa shape index (κ1) is 21.8. The van der Waals surface area contributed by atoms with Gasteiger partial charge in [-0.05, 0) is 50.3 Å². The van der Waals surface area contributed by atoms with E-state index in [1.54, 1.807) is 16.9 Å². The Bertz CT molecular complexity index is 1090. The number of likely N-dealkylation sites (tertiary alicyclic amines) is 1. The van der Waals surface area contributed by atoms with E-state index in [2.05, 4.69) is 20.0 Å². The highest BCUT2D eigenvalue weighted by Gasteiger charge is 2.27. The lowest BCUT2D eigenvalue weighted by atomic mass is 9.94. The van der Waals surface area contributed by atoms with E-state index in [1.165, 1.54) is 0 Å². The van der Waals surface area contributed by atoms with Gasteiger partial charge in [0.15, 0.2) is 0 Å². The molecule has 1 N–H and O–H groups in total. The largest absolute Gasteiger partial charge is 0.337 e. The van der Waals surface area contributed by atoms with E-state index in [1.807, 2.05) is 55.4 Å². The fourth-order valence-electron chi connectivity index (χ4n) is 4.23. The first-order valence-electron chi connectivity index (χ1n) is 11.2. The molecule has 8 nitrogen and oxygen atoms in total. The van der Waals surface area contributed by atoms with Crippen LogP contribution >= 0.6 is 0 Å². The number of hydrogen-bond donors (Lipinski definition) is 1. The summed E-state index contributed by atoms with van der Waals surface area (Å²) in [4.78, 5) is 31.8. The Labute approximate surface area is 188 Å². The fourth-order valence-corrected chi connectivity index (χ4v) is 4.23. The molecule has 1 aliphatic heterocycles. The Morgan fingerprint density at radius 2 is 2.03 bits per heavy atom. The van der Waals surface area contributed by atoms with Crippen LogP contribution in [0.1, 0.15) is 48.1 Å². The molecule has 3 heterocycles. The van der Waals surface area contributed by atoms with Crippen LogP contribution in [0.15, 0.2) is 48.9 Å². The number of amides is 2. The highest BCUT2D eigenvalue weighted by molar-refractivity contribution is 5.93. The zero-order valence-electron chi connectivity index (χ0n) is 18.7. The van der Waals surface area contributed by atoms with E-state index in [4.69, 9.17) is 0 Å². The van der Waals surface area contributed by atoms with Crippen LogP contribution in [0.3, 0.4) is 0 Å². The van der Waals surface area contributed by atoms with Gasteiger partial charge in [-0.1, -0.05) is 18.2 Å². The van der Waals surface area contributed by atoms with E-state index in [0.29, 0.717) is 31.7 Å². The van der Waals surface area contributed by atoms with Crippen LogP contribution in [-0.2, 0) is 17.9 Å². The predicted octanol–water partition coefficient (Wildman–Crippen LogP) is 3.34. The molecule has 1 fully saturated rings. The topological polar surface area (TPSA) is 85.0 Å². The second-order valence-corrected chi connectivity index (χ2v) is 8.33. The SMILES string of the molecule is CCn1ccc(C(=O)N2CCCC(CC(=O)Nc3ccccc3Cn3ccnc3C)C2)n1. The number of carbonyl (C=O) groups is 2.